The molecule has 102 valence electrons. The first-order valence-electron chi connectivity index (χ1n) is 6.56. The lowest BCUT2D eigenvalue weighted by atomic mass is 10.2. The SMILES string of the molecule is Cc1nc(C)c(C(C)Nc2ncc3ccccc3n2)s1. The molecule has 20 heavy (non-hydrogen) atoms. The number of para-hydroxylation sites is 1. The predicted molar refractivity (Wildman–Crippen MR) is 83.2 cm³/mol. The molecular formula is C15H16N4S. The van der Waals surface area contributed by atoms with Gasteiger partial charge >= 0.3 is 0 Å². The van der Waals surface area contributed by atoms with Crippen molar-refractivity contribution in [2.75, 3.05) is 5.32 Å². The Morgan fingerprint density at radius 2 is 1.95 bits per heavy atom. The maximum absolute atomic E-state index is 4.54. The minimum atomic E-state index is 0.155. The minimum Gasteiger partial charge on any atom is -0.347 e. The molecule has 0 saturated heterocycles. The van der Waals surface area contributed by atoms with E-state index in [1.165, 1.54) is 4.88 Å². The van der Waals surface area contributed by atoms with E-state index < -0.39 is 0 Å². The van der Waals surface area contributed by atoms with Gasteiger partial charge in [-0.15, -0.1) is 11.3 Å². The summed E-state index contributed by atoms with van der Waals surface area (Å²) in [5.74, 6) is 0.654. The van der Waals surface area contributed by atoms with E-state index in [-0.39, 0.29) is 6.04 Å². The Kier molecular flexibility index (Phi) is 3.36. The van der Waals surface area contributed by atoms with Gasteiger partial charge in [0, 0.05) is 16.5 Å². The predicted octanol–water partition coefficient (Wildman–Crippen LogP) is 3.88. The second-order valence-electron chi connectivity index (χ2n) is 4.80. The Labute approximate surface area is 121 Å². The minimum absolute atomic E-state index is 0.155. The van der Waals surface area contributed by atoms with Gasteiger partial charge in [0.1, 0.15) is 0 Å². The number of benzene rings is 1. The highest BCUT2D eigenvalue weighted by molar-refractivity contribution is 7.11. The zero-order valence-electron chi connectivity index (χ0n) is 11.7. The summed E-state index contributed by atoms with van der Waals surface area (Å²) in [5.41, 5.74) is 2.03. The summed E-state index contributed by atoms with van der Waals surface area (Å²) in [5, 5.41) is 5.49. The van der Waals surface area contributed by atoms with E-state index in [2.05, 4.69) is 27.2 Å². The van der Waals surface area contributed by atoms with Gasteiger partial charge in [0.15, 0.2) is 0 Å². The van der Waals surface area contributed by atoms with Crippen LogP contribution in [0, 0.1) is 13.8 Å². The topological polar surface area (TPSA) is 50.7 Å². The standard InChI is InChI=1S/C15H16N4S/c1-9-14(20-11(3)17-9)10(2)18-15-16-8-12-6-4-5-7-13(12)19-15/h4-8,10H,1-3H3,(H,16,18,19). The number of thiazole rings is 1. The first-order valence-corrected chi connectivity index (χ1v) is 7.37. The van der Waals surface area contributed by atoms with E-state index >= 15 is 0 Å². The molecule has 1 unspecified atom stereocenters. The average Bonchev–Trinajstić information content (AvgIpc) is 2.78. The quantitative estimate of drug-likeness (QED) is 0.793. The molecule has 0 saturated carbocycles. The van der Waals surface area contributed by atoms with Gasteiger partial charge in [0.25, 0.3) is 0 Å². The second-order valence-corrected chi connectivity index (χ2v) is 6.04. The van der Waals surface area contributed by atoms with Crippen LogP contribution in [-0.4, -0.2) is 15.0 Å². The summed E-state index contributed by atoms with van der Waals surface area (Å²) in [7, 11) is 0. The Morgan fingerprint density at radius 3 is 2.70 bits per heavy atom. The molecule has 5 heteroatoms. The van der Waals surface area contributed by atoms with Crippen molar-refractivity contribution >= 4 is 28.2 Å². The molecule has 3 rings (SSSR count). The van der Waals surface area contributed by atoms with Crippen LogP contribution in [0.5, 0.6) is 0 Å². The molecule has 0 bridgehead atoms. The molecule has 1 atom stereocenters. The Bertz CT molecular complexity index is 750. The Hall–Kier alpha value is -2.01. The number of aromatic nitrogens is 3. The lowest BCUT2D eigenvalue weighted by molar-refractivity contribution is 0.869. The molecule has 0 aliphatic rings. The molecule has 2 heterocycles. The Balaban J connectivity index is 1.87. The van der Waals surface area contributed by atoms with E-state index in [9.17, 15) is 0 Å². The van der Waals surface area contributed by atoms with Crippen molar-refractivity contribution in [1.82, 2.24) is 15.0 Å². The summed E-state index contributed by atoms with van der Waals surface area (Å²) in [6, 6.07) is 8.14. The van der Waals surface area contributed by atoms with Crippen LogP contribution >= 0.6 is 11.3 Å². The van der Waals surface area contributed by atoms with Gasteiger partial charge in [0.05, 0.1) is 22.3 Å². The molecule has 0 aliphatic heterocycles. The Morgan fingerprint density at radius 1 is 1.15 bits per heavy atom. The highest BCUT2D eigenvalue weighted by Crippen LogP contribution is 2.26. The van der Waals surface area contributed by atoms with E-state index in [4.69, 9.17) is 0 Å². The number of hydrogen-bond donors (Lipinski definition) is 1. The van der Waals surface area contributed by atoms with Crippen LogP contribution in [0.15, 0.2) is 30.5 Å². The van der Waals surface area contributed by atoms with Crippen LogP contribution in [0.3, 0.4) is 0 Å². The molecule has 0 spiro atoms. The normalized spacial score (nSPS) is 12.6. The van der Waals surface area contributed by atoms with Gasteiger partial charge in [-0.2, -0.15) is 0 Å². The first kappa shape index (κ1) is 13.0. The summed E-state index contributed by atoms with van der Waals surface area (Å²) in [6.07, 6.45) is 1.85. The van der Waals surface area contributed by atoms with Crippen LogP contribution < -0.4 is 5.32 Å². The zero-order valence-corrected chi connectivity index (χ0v) is 12.5. The lowest BCUT2D eigenvalue weighted by Gasteiger charge is -2.12. The number of nitrogens with one attached hydrogen (secondary N) is 1. The summed E-state index contributed by atoms with van der Waals surface area (Å²) < 4.78 is 0. The number of hydrogen-bond acceptors (Lipinski definition) is 5. The third kappa shape index (κ3) is 2.49. The maximum atomic E-state index is 4.54. The summed E-state index contributed by atoms with van der Waals surface area (Å²) >= 11 is 1.72. The maximum Gasteiger partial charge on any atom is 0.223 e. The number of aryl methyl sites for hydroxylation is 2. The van der Waals surface area contributed by atoms with E-state index in [0.717, 1.165) is 21.6 Å². The molecule has 2 aromatic heterocycles. The van der Waals surface area contributed by atoms with Gasteiger partial charge < -0.3 is 5.32 Å². The lowest BCUT2D eigenvalue weighted by Crippen LogP contribution is -2.09. The first-order chi connectivity index (χ1) is 9.63. The molecule has 0 aliphatic carbocycles. The van der Waals surface area contributed by atoms with Gasteiger partial charge in [-0.25, -0.2) is 15.0 Å². The van der Waals surface area contributed by atoms with Crippen molar-refractivity contribution in [2.24, 2.45) is 0 Å². The third-order valence-corrected chi connectivity index (χ3v) is 4.42. The molecule has 1 aromatic carbocycles. The van der Waals surface area contributed by atoms with Crippen LogP contribution in [0.1, 0.15) is 28.5 Å². The van der Waals surface area contributed by atoms with Crippen molar-refractivity contribution in [3.05, 3.63) is 46.0 Å². The van der Waals surface area contributed by atoms with E-state index in [1.54, 1.807) is 11.3 Å². The fraction of sp³-hybridized carbons (Fsp3) is 0.267. The van der Waals surface area contributed by atoms with Gasteiger partial charge in [0.2, 0.25) is 5.95 Å². The molecule has 1 N–H and O–H groups in total. The fourth-order valence-corrected chi connectivity index (χ4v) is 3.18. The van der Waals surface area contributed by atoms with Crippen molar-refractivity contribution in [3.8, 4) is 0 Å². The number of nitrogens with zero attached hydrogens (tertiary/aromatic N) is 3. The monoisotopic (exact) mass is 284 g/mol. The number of fused-ring (bicyclic) bond motifs is 1. The van der Waals surface area contributed by atoms with Gasteiger partial charge in [-0.1, -0.05) is 18.2 Å². The molecule has 0 radical (unpaired) electrons. The molecule has 0 amide bonds. The second kappa shape index (κ2) is 5.17. The van der Waals surface area contributed by atoms with Crippen LogP contribution in [-0.2, 0) is 0 Å². The van der Waals surface area contributed by atoms with Crippen molar-refractivity contribution in [3.63, 3.8) is 0 Å². The molecule has 3 aromatic rings. The van der Waals surface area contributed by atoms with Crippen molar-refractivity contribution in [1.29, 1.82) is 0 Å². The number of rotatable bonds is 3. The van der Waals surface area contributed by atoms with Crippen LogP contribution in [0.2, 0.25) is 0 Å². The van der Waals surface area contributed by atoms with Gasteiger partial charge in [-0.3, -0.25) is 0 Å². The van der Waals surface area contributed by atoms with Crippen LogP contribution in [0.4, 0.5) is 5.95 Å². The zero-order chi connectivity index (χ0) is 14.1. The third-order valence-electron chi connectivity index (χ3n) is 3.17. The van der Waals surface area contributed by atoms with Crippen molar-refractivity contribution < 1.29 is 0 Å². The molecular weight excluding hydrogens is 268 g/mol. The molecule has 0 fully saturated rings. The highest BCUT2D eigenvalue weighted by atomic mass is 32.1. The van der Waals surface area contributed by atoms with Crippen molar-refractivity contribution in [2.45, 2.75) is 26.8 Å². The van der Waals surface area contributed by atoms with E-state index in [1.807, 2.05) is 44.3 Å². The van der Waals surface area contributed by atoms with Gasteiger partial charge in [-0.05, 0) is 26.8 Å². The largest absolute Gasteiger partial charge is 0.347 e. The average molecular weight is 284 g/mol. The fourth-order valence-electron chi connectivity index (χ4n) is 2.25. The van der Waals surface area contributed by atoms with Crippen LogP contribution in [0.25, 0.3) is 10.9 Å². The number of anilines is 1. The smallest absolute Gasteiger partial charge is 0.223 e. The molecule has 4 nitrogen and oxygen atoms in total. The highest BCUT2D eigenvalue weighted by Gasteiger charge is 2.13. The van der Waals surface area contributed by atoms with E-state index in [0.29, 0.717) is 5.95 Å². The summed E-state index contributed by atoms with van der Waals surface area (Å²) in [6.45, 7) is 6.18. The summed E-state index contributed by atoms with van der Waals surface area (Å²) in [4.78, 5) is 14.6.